The van der Waals surface area contributed by atoms with Gasteiger partial charge in [0.25, 0.3) is 0 Å². The van der Waals surface area contributed by atoms with Crippen LogP contribution < -0.4 is 5.32 Å². The molecule has 3 heteroatoms. The quantitative estimate of drug-likeness (QED) is 0.757. The van der Waals surface area contributed by atoms with Gasteiger partial charge in [0.1, 0.15) is 0 Å². The summed E-state index contributed by atoms with van der Waals surface area (Å²) in [4.78, 5) is 2.34. The van der Waals surface area contributed by atoms with Crippen molar-refractivity contribution in [2.75, 3.05) is 34.4 Å². The summed E-state index contributed by atoms with van der Waals surface area (Å²) >= 11 is 0. The summed E-state index contributed by atoms with van der Waals surface area (Å²) in [6.07, 6.45) is 1.15. The predicted octanol–water partition coefficient (Wildman–Crippen LogP) is 3.11. The van der Waals surface area contributed by atoms with Crippen LogP contribution in [0.5, 0.6) is 0 Å². The second-order valence-corrected chi connectivity index (χ2v) is 6.42. The number of rotatable bonds is 9. The smallest absolute Gasteiger partial charge is 0.0615 e. The Hall–Kier alpha value is -0.900. The Bertz CT molecular complexity index is 389. The molecule has 1 aromatic carbocycles. The van der Waals surface area contributed by atoms with E-state index in [1.807, 2.05) is 7.05 Å². The number of hydrogen-bond acceptors (Lipinski definition) is 3. The van der Waals surface area contributed by atoms with Gasteiger partial charge < -0.3 is 10.1 Å². The molecule has 0 amide bonds. The van der Waals surface area contributed by atoms with E-state index >= 15 is 0 Å². The van der Waals surface area contributed by atoms with E-state index in [0.717, 1.165) is 19.6 Å². The molecule has 0 saturated heterocycles. The lowest BCUT2D eigenvalue weighted by Crippen LogP contribution is -2.38. The molecule has 0 radical (unpaired) electrons. The van der Waals surface area contributed by atoms with Crippen LogP contribution in [-0.4, -0.2) is 45.3 Å². The maximum absolute atomic E-state index is 5.24. The van der Waals surface area contributed by atoms with Crippen LogP contribution in [0.2, 0.25) is 0 Å². The Morgan fingerprint density at radius 1 is 1.14 bits per heavy atom. The summed E-state index contributed by atoms with van der Waals surface area (Å²) < 4.78 is 5.24. The SMILES string of the molecule is CNC(CN(C)C(C)COC)c1ccc(CC(C)C)cc1. The first kappa shape index (κ1) is 18.1. The highest BCUT2D eigenvalue weighted by Crippen LogP contribution is 2.17. The third kappa shape index (κ3) is 6.16. The van der Waals surface area contributed by atoms with Gasteiger partial charge in [0.15, 0.2) is 0 Å². The molecule has 0 saturated carbocycles. The van der Waals surface area contributed by atoms with E-state index in [1.165, 1.54) is 11.1 Å². The van der Waals surface area contributed by atoms with Gasteiger partial charge in [-0.3, -0.25) is 4.90 Å². The van der Waals surface area contributed by atoms with Crippen LogP contribution in [0.4, 0.5) is 0 Å². The van der Waals surface area contributed by atoms with E-state index in [0.29, 0.717) is 18.0 Å². The maximum Gasteiger partial charge on any atom is 0.0615 e. The average molecular weight is 292 g/mol. The second-order valence-electron chi connectivity index (χ2n) is 6.42. The second kappa shape index (κ2) is 9.19. The fourth-order valence-electron chi connectivity index (χ4n) is 2.56. The predicted molar refractivity (Wildman–Crippen MR) is 90.8 cm³/mol. The zero-order chi connectivity index (χ0) is 15.8. The third-order valence-electron chi connectivity index (χ3n) is 4.01. The molecule has 0 aliphatic rings. The largest absolute Gasteiger partial charge is 0.383 e. The molecule has 0 aromatic heterocycles. The normalized spacial score (nSPS) is 14.7. The first-order valence-electron chi connectivity index (χ1n) is 7.93. The van der Waals surface area contributed by atoms with Crippen molar-refractivity contribution < 1.29 is 4.74 Å². The van der Waals surface area contributed by atoms with Crippen LogP contribution in [-0.2, 0) is 11.2 Å². The van der Waals surface area contributed by atoms with Crippen molar-refractivity contribution in [3.63, 3.8) is 0 Å². The highest BCUT2D eigenvalue weighted by atomic mass is 16.5. The fraction of sp³-hybridized carbons (Fsp3) is 0.667. The monoisotopic (exact) mass is 292 g/mol. The van der Waals surface area contributed by atoms with Crippen molar-refractivity contribution in [2.45, 2.75) is 39.3 Å². The highest BCUT2D eigenvalue weighted by molar-refractivity contribution is 5.25. The van der Waals surface area contributed by atoms with Crippen LogP contribution >= 0.6 is 0 Å². The van der Waals surface area contributed by atoms with Crippen molar-refractivity contribution in [3.8, 4) is 0 Å². The van der Waals surface area contributed by atoms with Crippen molar-refractivity contribution >= 4 is 0 Å². The molecule has 0 aliphatic carbocycles. The lowest BCUT2D eigenvalue weighted by Gasteiger charge is -2.29. The van der Waals surface area contributed by atoms with E-state index in [1.54, 1.807) is 7.11 Å². The standard InChI is InChI=1S/C18H32N2O/c1-14(2)11-16-7-9-17(10-8-16)18(19-4)12-20(5)15(3)13-21-6/h7-10,14-15,18-19H,11-13H2,1-6H3. The molecule has 1 N–H and O–H groups in total. The summed E-state index contributed by atoms with van der Waals surface area (Å²) in [6, 6.07) is 9.81. The minimum absolute atomic E-state index is 0.349. The van der Waals surface area contributed by atoms with E-state index in [2.05, 4.69) is 62.3 Å². The van der Waals surface area contributed by atoms with Crippen LogP contribution in [0.3, 0.4) is 0 Å². The molecule has 0 fully saturated rings. The Labute approximate surface area is 130 Å². The molecule has 120 valence electrons. The number of nitrogens with zero attached hydrogens (tertiary/aromatic N) is 1. The summed E-state index contributed by atoms with van der Waals surface area (Å²) in [5.41, 5.74) is 2.77. The zero-order valence-corrected chi connectivity index (χ0v) is 14.5. The number of hydrogen-bond donors (Lipinski definition) is 1. The minimum atomic E-state index is 0.349. The molecule has 3 nitrogen and oxygen atoms in total. The summed E-state index contributed by atoms with van der Waals surface area (Å²) in [6.45, 7) is 8.46. The molecular weight excluding hydrogens is 260 g/mol. The number of likely N-dealkylation sites (N-methyl/N-ethyl adjacent to an activating group) is 2. The maximum atomic E-state index is 5.24. The van der Waals surface area contributed by atoms with Crippen molar-refractivity contribution in [2.24, 2.45) is 5.92 Å². The summed E-state index contributed by atoms with van der Waals surface area (Å²) in [5, 5.41) is 3.42. The number of methoxy groups -OCH3 is 1. The van der Waals surface area contributed by atoms with Crippen molar-refractivity contribution in [1.29, 1.82) is 0 Å². The lowest BCUT2D eigenvalue weighted by molar-refractivity contribution is 0.110. The van der Waals surface area contributed by atoms with E-state index in [9.17, 15) is 0 Å². The number of nitrogens with one attached hydrogen (secondary N) is 1. The van der Waals surface area contributed by atoms with Crippen LogP contribution in [0.15, 0.2) is 24.3 Å². The molecule has 1 aromatic rings. The Morgan fingerprint density at radius 3 is 2.24 bits per heavy atom. The topological polar surface area (TPSA) is 24.5 Å². The van der Waals surface area contributed by atoms with Gasteiger partial charge in [0, 0.05) is 25.7 Å². The van der Waals surface area contributed by atoms with Gasteiger partial charge in [-0.05, 0) is 44.5 Å². The summed E-state index contributed by atoms with van der Waals surface area (Å²) in [7, 11) is 5.94. The van der Waals surface area contributed by atoms with Gasteiger partial charge >= 0.3 is 0 Å². The fourth-order valence-corrected chi connectivity index (χ4v) is 2.56. The molecule has 2 unspecified atom stereocenters. The van der Waals surface area contributed by atoms with Crippen LogP contribution in [0.25, 0.3) is 0 Å². The first-order chi connectivity index (χ1) is 9.97. The molecule has 0 bridgehead atoms. The third-order valence-corrected chi connectivity index (χ3v) is 4.01. The molecule has 0 spiro atoms. The van der Waals surface area contributed by atoms with E-state index < -0.39 is 0 Å². The van der Waals surface area contributed by atoms with Gasteiger partial charge in [-0.1, -0.05) is 38.1 Å². The van der Waals surface area contributed by atoms with Gasteiger partial charge in [-0.25, -0.2) is 0 Å². The Balaban J connectivity index is 2.67. The van der Waals surface area contributed by atoms with Gasteiger partial charge in [-0.15, -0.1) is 0 Å². The highest BCUT2D eigenvalue weighted by Gasteiger charge is 2.16. The Morgan fingerprint density at radius 2 is 1.76 bits per heavy atom. The lowest BCUT2D eigenvalue weighted by atomic mass is 9.99. The molecular formula is C18H32N2O. The molecule has 21 heavy (non-hydrogen) atoms. The molecule has 0 aliphatic heterocycles. The van der Waals surface area contributed by atoms with Crippen LogP contribution in [0.1, 0.15) is 37.9 Å². The first-order valence-corrected chi connectivity index (χ1v) is 7.93. The molecule has 2 atom stereocenters. The number of benzene rings is 1. The van der Waals surface area contributed by atoms with Gasteiger partial charge in [0.2, 0.25) is 0 Å². The van der Waals surface area contributed by atoms with Crippen molar-refractivity contribution in [1.82, 2.24) is 10.2 Å². The van der Waals surface area contributed by atoms with E-state index in [-0.39, 0.29) is 0 Å². The van der Waals surface area contributed by atoms with Gasteiger partial charge in [-0.2, -0.15) is 0 Å². The molecule has 0 heterocycles. The van der Waals surface area contributed by atoms with Gasteiger partial charge in [0.05, 0.1) is 6.61 Å². The number of ether oxygens (including phenoxy) is 1. The minimum Gasteiger partial charge on any atom is -0.383 e. The molecule has 1 rings (SSSR count). The van der Waals surface area contributed by atoms with E-state index in [4.69, 9.17) is 4.74 Å². The Kier molecular flexibility index (Phi) is 7.94. The zero-order valence-electron chi connectivity index (χ0n) is 14.5. The summed E-state index contributed by atoms with van der Waals surface area (Å²) in [5.74, 6) is 0.706. The van der Waals surface area contributed by atoms with Crippen molar-refractivity contribution in [3.05, 3.63) is 35.4 Å². The van der Waals surface area contributed by atoms with Crippen LogP contribution in [0, 0.1) is 5.92 Å². The average Bonchev–Trinajstić information content (AvgIpc) is 2.45.